The van der Waals surface area contributed by atoms with E-state index >= 15 is 0 Å². The molecule has 0 radical (unpaired) electrons. The molecule has 0 amide bonds. The predicted molar refractivity (Wildman–Crippen MR) is 95.6 cm³/mol. The number of benzene rings is 2. The zero-order valence-electron chi connectivity index (χ0n) is 11.6. The van der Waals surface area contributed by atoms with E-state index in [9.17, 15) is 13.2 Å². The van der Waals surface area contributed by atoms with Gasteiger partial charge in [-0.3, -0.25) is 9.10 Å². The van der Waals surface area contributed by atoms with Gasteiger partial charge in [0.1, 0.15) is 6.04 Å². The van der Waals surface area contributed by atoms with Crippen LogP contribution in [-0.4, -0.2) is 19.7 Å². The SMILES string of the molecule is CC(C(=O)Cl)N(c1ccccc1I)S(=O)(=O)c1ccccc1. The number of rotatable bonds is 5. The number of carbonyl (C=O) groups excluding carboxylic acids is 1. The van der Waals surface area contributed by atoms with Crippen molar-refractivity contribution in [3.8, 4) is 0 Å². The van der Waals surface area contributed by atoms with Gasteiger partial charge in [0, 0.05) is 3.57 Å². The number of halogens is 2. The van der Waals surface area contributed by atoms with Gasteiger partial charge in [0.2, 0.25) is 5.24 Å². The Balaban J connectivity index is 2.65. The molecule has 116 valence electrons. The van der Waals surface area contributed by atoms with Crippen LogP contribution in [0.1, 0.15) is 6.92 Å². The lowest BCUT2D eigenvalue weighted by atomic mass is 10.3. The van der Waals surface area contributed by atoms with Gasteiger partial charge in [0.05, 0.1) is 10.6 Å². The van der Waals surface area contributed by atoms with Crippen LogP contribution in [0.3, 0.4) is 0 Å². The molecule has 0 saturated carbocycles. The first-order valence-corrected chi connectivity index (χ1v) is 9.28. The van der Waals surface area contributed by atoms with E-state index in [0.29, 0.717) is 9.26 Å². The molecule has 0 aromatic heterocycles. The highest BCUT2D eigenvalue weighted by Gasteiger charge is 2.33. The van der Waals surface area contributed by atoms with Gasteiger partial charge in [-0.15, -0.1) is 0 Å². The first-order chi connectivity index (χ1) is 10.4. The first-order valence-electron chi connectivity index (χ1n) is 6.39. The van der Waals surface area contributed by atoms with Crippen molar-refractivity contribution in [2.24, 2.45) is 0 Å². The third-order valence-electron chi connectivity index (χ3n) is 3.07. The molecule has 0 spiro atoms. The van der Waals surface area contributed by atoms with Crippen molar-refractivity contribution in [2.45, 2.75) is 17.9 Å². The number of hydrogen-bond acceptors (Lipinski definition) is 3. The van der Waals surface area contributed by atoms with Crippen LogP contribution in [0.5, 0.6) is 0 Å². The average molecular weight is 450 g/mol. The molecule has 2 aromatic rings. The molecule has 0 aliphatic carbocycles. The quantitative estimate of drug-likeness (QED) is 0.517. The maximum atomic E-state index is 12.9. The van der Waals surface area contributed by atoms with E-state index in [1.165, 1.54) is 19.1 Å². The van der Waals surface area contributed by atoms with Crippen LogP contribution in [0.4, 0.5) is 5.69 Å². The van der Waals surface area contributed by atoms with Gasteiger partial charge in [-0.05, 0) is 65.4 Å². The summed E-state index contributed by atoms with van der Waals surface area (Å²) < 4.78 is 27.7. The van der Waals surface area contributed by atoms with E-state index in [1.807, 2.05) is 22.6 Å². The fourth-order valence-electron chi connectivity index (χ4n) is 1.97. The highest BCUT2D eigenvalue weighted by molar-refractivity contribution is 14.1. The molecule has 22 heavy (non-hydrogen) atoms. The van der Waals surface area contributed by atoms with E-state index in [2.05, 4.69) is 0 Å². The lowest BCUT2D eigenvalue weighted by Gasteiger charge is -2.29. The fraction of sp³-hybridized carbons (Fsp3) is 0.133. The number of carbonyl (C=O) groups is 1. The van der Waals surface area contributed by atoms with Crippen molar-refractivity contribution < 1.29 is 13.2 Å². The van der Waals surface area contributed by atoms with Crippen molar-refractivity contribution in [1.29, 1.82) is 0 Å². The Kier molecular flexibility index (Phi) is 5.46. The van der Waals surface area contributed by atoms with Gasteiger partial charge in [-0.25, -0.2) is 8.42 Å². The number of anilines is 1. The van der Waals surface area contributed by atoms with E-state index in [1.54, 1.807) is 42.5 Å². The first kappa shape index (κ1) is 17.2. The summed E-state index contributed by atoms with van der Waals surface area (Å²) in [5.41, 5.74) is 0.424. The summed E-state index contributed by atoms with van der Waals surface area (Å²) in [6.07, 6.45) is 0. The maximum absolute atomic E-state index is 12.9. The molecule has 1 unspecified atom stereocenters. The normalized spacial score (nSPS) is 12.7. The second kappa shape index (κ2) is 6.97. The summed E-state index contributed by atoms with van der Waals surface area (Å²) in [6.45, 7) is 1.47. The Labute approximate surface area is 148 Å². The maximum Gasteiger partial charge on any atom is 0.265 e. The Morgan fingerprint density at radius 3 is 2.18 bits per heavy atom. The van der Waals surface area contributed by atoms with Crippen molar-refractivity contribution in [1.82, 2.24) is 0 Å². The number of sulfonamides is 1. The molecule has 4 nitrogen and oxygen atoms in total. The van der Waals surface area contributed by atoms with Crippen LogP contribution in [-0.2, 0) is 14.8 Å². The van der Waals surface area contributed by atoms with Gasteiger partial charge in [0.25, 0.3) is 10.0 Å². The number of hydrogen-bond donors (Lipinski definition) is 0. The Morgan fingerprint density at radius 2 is 1.64 bits per heavy atom. The second-order valence-electron chi connectivity index (χ2n) is 4.55. The predicted octanol–water partition coefficient (Wildman–Crippen LogP) is 3.64. The molecule has 1 atom stereocenters. The van der Waals surface area contributed by atoms with Gasteiger partial charge in [-0.2, -0.15) is 0 Å². The molecule has 0 aliphatic heterocycles. The van der Waals surface area contributed by atoms with Crippen LogP contribution < -0.4 is 4.31 Å². The van der Waals surface area contributed by atoms with Gasteiger partial charge >= 0.3 is 0 Å². The minimum absolute atomic E-state index is 0.111. The molecule has 0 heterocycles. The summed E-state index contributed by atoms with van der Waals surface area (Å²) in [5, 5.41) is -0.737. The second-order valence-corrected chi connectivity index (χ2v) is 7.90. The molecule has 2 aromatic carbocycles. The molecule has 0 saturated heterocycles. The monoisotopic (exact) mass is 449 g/mol. The summed E-state index contributed by atoms with van der Waals surface area (Å²) in [6, 6.07) is 13.9. The highest BCUT2D eigenvalue weighted by Crippen LogP contribution is 2.30. The van der Waals surface area contributed by atoms with Crippen molar-refractivity contribution in [3.63, 3.8) is 0 Å². The van der Waals surface area contributed by atoms with Crippen molar-refractivity contribution >= 4 is 55.1 Å². The topological polar surface area (TPSA) is 54.5 Å². The summed E-state index contributed by atoms with van der Waals surface area (Å²) in [7, 11) is -3.90. The van der Waals surface area contributed by atoms with Gasteiger partial charge in [0.15, 0.2) is 0 Å². The number of nitrogens with zero attached hydrogens (tertiary/aromatic N) is 1. The van der Waals surface area contributed by atoms with Crippen molar-refractivity contribution in [2.75, 3.05) is 4.31 Å². The van der Waals surface area contributed by atoms with Crippen LogP contribution in [0.15, 0.2) is 59.5 Å². The van der Waals surface area contributed by atoms with Gasteiger partial charge in [-0.1, -0.05) is 30.3 Å². The standard InChI is InChI=1S/C15H13ClINO3S/c1-11(15(16)19)18(14-10-6-5-9-13(14)17)22(20,21)12-7-3-2-4-8-12/h2-11H,1H3. The third-order valence-corrected chi connectivity index (χ3v) is 6.20. The van der Waals surface area contributed by atoms with Crippen LogP contribution in [0.25, 0.3) is 0 Å². The average Bonchev–Trinajstić information content (AvgIpc) is 2.50. The molecule has 0 aliphatic rings. The van der Waals surface area contributed by atoms with Crippen LogP contribution in [0, 0.1) is 3.57 Å². The Hall–Kier alpha value is -1.12. The summed E-state index contributed by atoms with van der Waals surface area (Å²) in [5.74, 6) is 0. The zero-order valence-corrected chi connectivity index (χ0v) is 15.3. The molecule has 0 N–H and O–H groups in total. The molecular formula is C15H13ClINO3S. The van der Waals surface area contributed by atoms with E-state index in [0.717, 1.165) is 4.31 Å². The molecular weight excluding hydrogens is 437 g/mol. The Morgan fingerprint density at radius 1 is 1.09 bits per heavy atom. The number of para-hydroxylation sites is 1. The van der Waals surface area contributed by atoms with E-state index in [-0.39, 0.29) is 4.90 Å². The molecule has 7 heteroatoms. The minimum Gasteiger partial charge on any atom is -0.279 e. The molecule has 0 bridgehead atoms. The van der Waals surface area contributed by atoms with Gasteiger partial charge < -0.3 is 0 Å². The van der Waals surface area contributed by atoms with E-state index < -0.39 is 21.3 Å². The highest BCUT2D eigenvalue weighted by atomic mass is 127. The lowest BCUT2D eigenvalue weighted by Crippen LogP contribution is -2.42. The van der Waals surface area contributed by atoms with Crippen LogP contribution >= 0.6 is 34.2 Å². The zero-order chi connectivity index (χ0) is 16.3. The molecule has 0 fully saturated rings. The minimum atomic E-state index is -3.90. The summed E-state index contributed by atoms with van der Waals surface area (Å²) in [4.78, 5) is 11.7. The smallest absolute Gasteiger partial charge is 0.265 e. The molecule has 2 rings (SSSR count). The lowest BCUT2D eigenvalue weighted by molar-refractivity contribution is -0.112. The van der Waals surface area contributed by atoms with Crippen LogP contribution in [0.2, 0.25) is 0 Å². The van der Waals surface area contributed by atoms with Crippen molar-refractivity contribution in [3.05, 3.63) is 58.2 Å². The van der Waals surface area contributed by atoms with E-state index in [4.69, 9.17) is 11.6 Å². The summed E-state index contributed by atoms with van der Waals surface area (Å²) >= 11 is 7.60. The Bertz CT molecular complexity index is 780. The third kappa shape index (κ3) is 3.44. The fourth-order valence-corrected chi connectivity index (χ4v) is 4.60. The largest absolute Gasteiger partial charge is 0.279 e.